The maximum atomic E-state index is 9.69. The Bertz CT molecular complexity index is 899. The summed E-state index contributed by atoms with van der Waals surface area (Å²) in [5.41, 5.74) is 4.40. The highest BCUT2D eigenvalue weighted by Gasteiger charge is 2.18. The lowest BCUT2D eigenvalue weighted by Crippen LogP contribution is -2.17. The van der Waals surface area contributed by atoms with Gasteiger partial charge >= 0.3 is 0 Å². The van der Waals surface area contributed by atoms with Crippen LogP contribution in [0.2, 0.25) is 0 Å². The first kappa shape index (κ1) is 15.4. The van der Waals surface area contributed by atoms with Gasteiger partial charge in [0.1, 0.15) is 11.9 Å². The van der Waals surface area contributed by atoms with Crippen molar-refractivity contribution < 1.29 is 0 Å². The fourth-order valence-electron chi connectivity index (χ4n) is 2.88. The SMILES string of the molecule is CCC(C)Nc1cc(C(C)C)c(C#N)c2nc3ccccc3n12. The summed E-state index contributed by atoms with van der Waals surface area (Å²) in [7, 11) is 0. The molecule has 2 heterocycles. The van der Waals surface area contributed by atoms with Crippen molar-refractivity contribution in [2.24, 2.45) is 0 Å². The molecule has 3 aromatic rings. The van der Waals surface area contributed by atoms with Gasteiger partial charge in [0.15, 0.2) is 5.65 Å². The molecule has 0 bridgehead atoms. The summed E-state index contributed by atoms with van der Waals surface area (Å²) in [6.45, 7) is 8.55. The van der Waals surface area contributed by atoms with Gasteiger partial charge in [-0.15, -0.1) is 0 Å². The minimum Gasteiger partial charge on any atom is -0.369 e. The van der Waals surface area contributed by atoms with Crippen molar-refractivity contribution >= 4 is 22.5 Å². The number of nitrogens with zero attached hydrogens (tertiary/aromatic N) is 3. The van der Waals surface area contributed by atoms with E-state index in [1.807, 2.05) is 24.3 Å². The van der Waals surface area contributed by atoms with Gasteiger partial charge < -0.3 is 5.32 Å². The molecule has 23 heavy (non-hydrogen) atoms. The molecule has 1 aromatic carbocycles. The topological polar surface area (TPSA) is 53.1 Å². The highest BCUT2D eigenvalue weighted by molar-refractivity contribution is 5.85. The predicted octanol–water partition coefficient (Wildman–Crippen LogP) is 4.69. The Morgan fingerprint density at radius 1 is 1.26 bits per heavy atom. The number of pyridine rings is 1. The van der Waals surface area contributed by atoms with Crippen molar-refractivity contribution in [1.29, 1.82) is 5.26 Å². The summed E-state index contributed by atoms with van der Waals surface area (Å²) in [5.74, 6) is 1.28. The molecule has 1 unspecified atom stereocenters. The van der Waals surface area contributed by atoms with Gasteiger partial charge in [-0.2, -0.15) is 5.26 Å². The number of fused-ring (bicyclic) bond motifs is 3. The van der Waals surface area contributed by atoms with E-state index in [-0.39, 0.29) is 5.92 Å². The predicted molar refractivity (Wildman–Crippen MR) is 94.9 cm³/mol. The number of nitrogens with one attached hydrogen (secondary N) is 1. The van der Waals surface area contributed by atoms with Crippen LogP contribution in [0, 0.1) is 11.3 Å². The van der Waals surface area contributed by atoms with Crippen LogP contribution in [0.1, 0.15) is 51.2 Å². The zero-order valence-corrected chi connectivity index (χ0v) is 14.1. The second-order valence-corrected chi connectivity index (χ2v) is 6.34. The van der Waals surface area contributed by atoms with E-state index in [0.29, 0.717) is 11.6 Å². The average molecular weight is 306 g/mol. The molecule has 4 nitrogen and oxygen atoms in total. The molecular weight excluding hydrogens is 284 g/mol. The maximum absolute atomic E-state index is 9.69. The monoisotopic (exact) mass is 306 g/mol. The highest BCUT2D eigenvalue weighted by atomic mass is 15.1. The van der Waals surface area contributed by atoms with E-state index in [2.05, 4.69) is 49.5 Å². The van der Waals surface area contributed by atoms with Crippen LogP contribution in [0.3, 0.4) is 0 Å². The molecule has 0 aliphatic carbocycles. The Morgan fingerprint density at radius 2 is 2.00 bits per heavy atom. The highest BCUT2D eigenvalue weighted by Crippen LogP contribution is 2.30. The van der Waals surface area contributed by atoms with Crippen molar-refractivity contribution in [3.63, 3.8) is 0 Å². The zero-order chi connectivity index (χ0) is 16.6. The van der Waals surface area contributed by atoms with Crippen molar-refractivity contribution in [1.82, 2.24) is 9.38 Å². The lowest BCUT2D eigenvalue weighted by atomic mass is 9.99. The van der Waals surface area contributed by atoms with Crippen molar-refractivity contribution in [3.8, 4) is 6.07 Å². The number of rotatable bonds is 4. The number of benzene rings is 1. The van der Waals surface area contributed by atoms with Crippen LogP contribution in [0.5, 0.6) is 0 Å². The number of imidazole rings is 1. The van der Waals surface area contributed by atoms with E-state index >= 15 is 0 Å². The van der Waals surface area contributed by atoms with Crippen LogP contribution in [0.4, 0.5) is 5.82 Å². The molecule has 0 spiro atoms. The largest absolute Gasteiger partial charge is 0.369 e. The second-order valence-electron chi connectivity index (χ2n) is 6.34. The molecule has 2 aromatic heterocycles. The number of nitriles is 1. The quantitative estimate of drug-likeness (QED) is 0.760. The lowest BCUT2D eigenvalue weighted by molar-refractivity contribution is 0.755. The summed E-state index contributed by atoms with van der Waals surface area (Å²) in [5, 5.41) is 13.3. The average Bonchev–Trinajstić information content (AvgIpc) is 2.93. The van der Waals surface area contributed by atoms with E-state index < -0.39 is 0 Å². The van der Waals surface area contributed by atoms with Crippen LogP contribution in [-0.4, -0.2) is 15.4 Å². The Kier molecular flexibility index (Phi) is 3.96. The minimum atomic E-state index is 0.270. The second kappa shape index (κ2) is 5.92. The normalized spacial score (nSPS) is 12.7. The van der Waals surface area contributed by atoms with Crippen LogP contribution in [0.25, 0.3) is 16.7 Å². The number of aromatic nitrogens is 2. The third-order valence-electron chi connectivity index (χ3n) is 4.35. The third kappa shape index (κ3) is 2.53. The lowest BCUT2D eigenvalue weighted by Gasteiger charge is -2.18. The van der Waals surface area contributed by atoms with Gasteiger partial charge in [-0.05, 0) is 43.0 Å². The van der Waals surface area contributed by atoms with Crippen LogP contribution in [-0.2, 0) is 0 Å². The summed E-state index contributed by atoms with van der Waals surface area (Å²) >= 11 is 0. The maximum Gasteiger partial charge on any atom is 0.157 e. The molecule has 1 atom stereocenters. The van der Waals surface area contributed by atoms with E-state index in [0.717, 1.165) is 34.5 Å². The smallest absolute Gasteiger partial charge is 0.157 e. The van der Waals surface area contributed by atoms with Gasteiger partial charge in [0.2, 0.25) is 0 Å². The molecule has 3 rings (SSSR count). The van der Waals surface area contributed by atoms with Gasteiger partial charge in [-0.25, -0.2) is 4.98 Å². The van der Waals surface area contributed by atoms with Gasteiger partial charge in [-0.1, -0.05) is 32.9 Å². The molecular formula is C19H22N4. The van der Waals surface area contributed by atoms with E-state index in [9.17, 15) is 5.26 Å². The minimum absolute atomic E-state index is 0.270. The number of para-hydroxylation sites is 2. The summed E-state index contributed by atoms with van der Waals surface area (Å²) in [4.78, 5) is 4.72. The first-order chi connectivity index (χ1) is 11.1. The van der Waals surface area contributed by atoms with E-state index in [1.54, 1.807) is 0 Å². The third-order valence-corrected chi connectivity index (χ3v) is 4.35. The van der Waals surface area contributed by atoms with Crippen LogP contribution < -0.4 is 5.32 Å². The molecule has 0 amide bonds. The molecule has 118 valence electrons. The molecule has 0 fully saturated rings. The molecule has 0 radical (unpaired) electrons. The van der Waals surface area contributed by atoms with Crippen LogP contribution >= 0.6 is 0 Å². The summed E-state index contributed by atoms with van der Waals surface area (Å²) in [6.07, 6.45) is 1.03. The van der Waals surface area contributed by atoms with Gasteiger partial charge in [0.25, 0.3) is 0 Å². The molecule has 0 aliphatic heterocycles. The Labute approximate surface area is 136 Å². The standard InChI is InChI=1S/C19H22N4/c1-5-13(4)21-18-10-14(12(2)3)15(11-20)19-22-16-8-6-7-9-17(16)23(18)19/h6-10,12-13,21H,5H2,1-4H3. The molecule has 0 saturated heterocycles. The van der Waals surface area contributed by atoms with E-state index in [4.69, 9.17) is 4.98 Å². The van der Waals surface area contributed by atoms with Crippen molar-refractivity contribution in [2.45, 2.75) is 46.1 Å². The van der Waals surface area contributed by atoms with Crippen molar-refractivity contribution in [3.05, 3.63) is 41.5 Å². The Balaban J connectivity index is 2.41. The zero-order valence-electron chi connectivity index (χ0n) is 14.1. The van der Waals surface area contributed by atoms with Gasteiger partial charge in [-0.3, -0.25) is 4.40 Å². The molecule has 0 aliphatic rings. The van der Waals surface area contributed by atoms with E-state index in [1.165, 1.54) is 0 Å². The van der Waals surface area contributed by atoms with Crippen molar-refractivity contribution in [2.75, 3.05) is 5.32 Å². The first-order valence-electron chi connectivity index (χ1n) is 8.17. The fraction of sp³-hybridized carbons (Fsp3) is 0.368. The first-order valence-corrected chi connectivity index (χ1v) is 8.17. The molecule has 1 N–H and O–H groups in total. The van der Waals surface area contributed by atoms with Gasteiger partial charge in [0.05, 0.1) is 16.6 Å². The number of anilines is 1. The summed E-state index contributed by atoms with van der Waals surface area (Å²) in [6, 6.07) is 12.9. The fourth-order valence-corrected chi connectivity index (χ4v) is 2.88. The number of hydrogen-bond acceptors (Lipinski definition) is 3. The molecule has 0 saturated carbocycles. The summed E-state index contributed by atoms with van der Waals surface area (Å²) < 4.78 is 2.08. The Morgan fingerprint density at radius 3 is 2.65 bits per heavy atom. The van der Waals surface area contributed by atoms with Gasteiger partial charge in [0, 0.05) is 6.04 Å². The van der Waals surface area contributed by atoms with Crippen LogP contribution in [0.15, 0.2) is 30.3 Å². The number of hydrogen-bond donors (Lipinski definition) is 1. The Hall–Kier alpha value is -2.54. The molecule has 4 heteroatoms.